The third kappa shape index (κ3) is 2.45. The number of nitrogens with zero attached hydrogens (tertiary/aromatic N) is 1. The Kier molecular flexibility index (Phi) is 3.65. The molecule has 1 heterocycles. The van der Waals surface area contributed by atoms with Gasteiger partial charge in [-0.3, -0.25) is 10.2 Å². The monoisotopic (exact) mass is 216 g/mol. The van der Waals surface area contributed by atoms with Gasteiger partial charge in [0.05, 0.1) is 26.6 Å². The number of hydrogen-bond acceptors (Lipinski definition) is 4. The Labute approximate surface area is 88.9 Å². The van der Waals surface area contributed by atoms with Crippen LogP contribution >= 0.6 is 0 Å². The van der Waals surface area contributed by atoms with Crippen LogP contribution in [0.25, 0.3) is 0 Å². The van der Waals surface area contributed by atoms with Gasteiger partial charge in [0.15, 0.2) is 0 Å². The van der Waals surface area contributed by atoms with Crippen molar-refractivity contribution in [3.05, 3.63) is 0 Å². The first-order chi connectivity index (χ1) is 7.03. The fourth-order valence-corrected chi connectivity index (χ4v) is 2.07. The van der Waals surface area contributed by atoms with E-state index in [0.29, 0.717) is 13.1 Å². The van der Waals surface area contributed by atoms with Gasteiger partial charge in [-0.25, -0.2) is 10.3 Å². The lowest BCUT2D eigenvalue weighted by molar-refractivity contribution is -0.845. The molecule has 86 valence electrons. The molecule has 1 aliphatic heterocycles. The number of piperidine rings is 1. The molecular weight excluding hydrogens is 198 g/mol. The lowest BCUT2D eigenvalue weighted by Gasteiger charge is -2.36. The minimum absolute atomic E-state index is 0.147. The zero-order valence-electron chi connectivity index (χ0n) is 9.16. The molecule has 0 saturated carbocycles. The van der Waals surface area contributed by atoms with E-state index >= 15 is 0 Å². The molecule has 6 nitrogen and oxygen atoms in total. The van der Waals surface area contributed by atoms with E-state index in [4.69, 9.17) is 10.6 Å². The van der Waals surface area contributed by atoms with Crippen molar-refractivity contribution in [2.45, 2.75) is 12.8 Å². The predicted octanol–water partition coefficient (Wildman–Crippen LogP) is -0.401. The molecule has 2 atom stereocenters. The number of carbonyl (C=O) groups excluding carboxylic acids is 2. The van der Waals surface area contributed by atoms with Crippen LogP contribution in [0.15, 0.2) is 0 Å². The quantitative estimate of drug-likeness (QED) is 0.270. The first kappa shape index (κ1) is 11.9. The Morgan fingerprint density at radius 2 is 2.20 bits per heavy atom. The van der Waals surface area contributed by atoms with Gasteiger partial charge >= 0.3 is 6.09 Å². The highest BCUT2D eigenvalue weighted by Gasteiger charge is 2.41. The summed E-state index contributed by atoms with van der Waals surface area (Å²) >= 11 is 0. The SMILES string of the molecule is COC(=O)[N+]1(C)CCC[C@H](C(=O)NN)C1. The summed E-state index contributed by atoms with van der Waals surface area (Å²) in [5, 5.41) is 0. The van der Waals surface area contributed by atoms with Crippen molar-refractivity contribution in [3.8, 4) is 0 Å². The van der Waals surface area contributed by atoms with Gasteiger partial charge < -0.3 is 4.74 Å². The number of quaternary nitrogens is 1. The van der Waals surface area contributed by atoms with Crippen LogP contribution in [-0.4, -0.2) is 43.7 Å². The molecular formula is C9H18N3O3+. The third-order valence-electron chi connectivity index (χ3n) is 2.96. The van der Waals surface area contributed by atoms with Crippen LogP contribution in [-0.2, 0) is 9.53 Å². The van der Waals surface area contributed by atoms with E-state index in [1.807, 2.05) is 0 Å². The van der Waals surface area contributed by atoms with Gasteiger partial charge in [0.1, 0.15) is 6.54 Å². The standard InChI is InChI=1S/C9H17N3O3/c1-12(9(14)15-2)5-3-4-7(6-12)8(13)11-10/h7H,3-6,10H2,1-2H3/p+1/t7-,12?/m0/s1. The number of hydrazine groups is 1. The van der Waals surface area contributed by atoms with Gasteiger partial charge in [-0.2, -0.15) is 4.79 Å². The zero-order valence-corrected chi connectivity index (χ0v) is 9.16. The molecule has 1 unspecified atom stereocenters. The number of carbonyl (C=O) groups is 2. The van der Waals surface area contributed by atoms with Crippen LogP contribution in [0.5, 0.6) is 0 Å². The number of nitrogens with one attached hydrogen (secondary N) is 1. The highest BCUT2D eigenvalue weighted by molar-refractivity contribution is 5.78. The van der Waals surface area contributed by atoms with E-state index in [1.54, 1.807) is 7.05 Å². The number of nitrogens with two attached hydrogens (primary N) is 1. The molecule has 0 spiro atoms. The lowest BCUT2D eigenvalue weighted by atomic mass is 9.96. The zero-order chi connectivity index (χ0) is 11.5. The molecule has 1 aliphatic rings. The van der Waals surface area contributed by atoms with E-state index in [2.05, 4.69) is 5.43 Å². The van der Waals surface area contributed by atoms with Gasteiger partial charge in [-0.05, 0) is 12.8 Å². The second-order valence-electron chi connectivity index (χ2n) is 4.12. The first-order valence-corrected chi connectivity index (χ1v) is 4.97. The van der Waals surface area contributed by atoms with Crippen molar-refractivity contribution in [2.24, 2.45) is 11.8 Å². The van der Waals surface area contributed by atoms with E-state index in [0.717, 1.165) is 12.8 Å². The van der Waals surface area contributed by atoms with Gasteiger partial charge in [-0.1, -0.05) is 0 Å². The van der Waals surface area contributed by atoms with Crippen LogP contribution in [0, 0.1) is 5.92 Å². The lowest BCUT2D eigenvalue weighted by Crippen LogP contribution is -2.57. The Hall–Kier alpha value is -1.14. The fraction of sp³-hybridized carbons (Fsp3) is 0.778. The van der Waals surface area contributed by atoms with Crippen molar-refractivity contribution < 1.29 is 18.8 Å². The Balaban J connectivity index is 2.70. The average molecular weight is 216 g/mol. The number of likely N-dealkylation sites (tertiary alicyclic amines) is 1. The minimum Gasteiger partial charge on any atom is -0.423 e. The first-order valence-electron chi connectivity index (χ1n) is 4.97. The van der Waals surface area contributed by atoms with Crippen LogP contribution in [0.4, 0.5) is 4.79 Å². The second-order valence-corrected chi connectivity index (χ2v) is 4.12. The summed E-state index contributed by atoms with van der Waals surface area (Å²) in [6.07, 6.45) is 1.29. The molecule has 1 fully saturated rings. The smallest absolute Gasteiger partial charge is 0.423 e. The second kappa shape index (κ2) is 4.59. The van der Waals surface area contributed by atoms with Gasteiger partial charge in [0.2, 0.25) is 5.91 Å². The van der Waals surface area contributed by atoms with Gasteiger partial charge in [0.25, 0.3) is 0 Å². The maximum Gasteiger partial charge on any atom is 0.515 e. The number of hydrogen-bond donors (Lipinski definition) is 2. The maximum absolute atomic E-state index is 11.5. The molecule has 2 amide bonds. The molecule has 1 saturated heterocycles. The summed E-state index contributed by atoms with van der Waals surface area (Å²) in [6, 6.07) is 0. The molecule has 3 N–H and O–H groups in total. The molecule has 0 aromatic carbocycles. The van der Waals surface area contributed by atoms with E-state index in [-0.39, 0.29) is 22.4 Å². The summed E-state index contributed by atoms with van der Waals surface area (Å²) in [5.74, 6) is 4.67. The van der Waals surface area contributed by atoms with Crippen molar-refractivity contribution in [2.75, 3.05) is 27.2 Å². The normalized spacial score (nSPS) is 30.7. The van der Waals surface area contributed by atoms with Crippen molar-refractivity contribution in [1.82, 2.24) is 5.43 Å². The number of rotatable bonds is 1. The molecule has 0 aromatic rings. The molecule has 0 radical (unpaired) electrons. The minimum atomic E-state index is -0.301. The van der Waals surface area contributed by atoms with Crippen LogP contribution in [0.1, 0.15) is 12.8 Å². The summed E-state index contributed by atoms with van der Waals surface area (Å²) in [6.45, 7) is 1.16. The summed E-state index contributed by atoms with van der Waals surface area (Å²) in [5.41, 5.74) is 2.13. The topological polar surface area (TPSA) is 81.4 Å². The Morgan fingerprint density at radius 1 is 1.53 bits per heavy atom. The van der Waals surface area contributed by atoms with E-state index in [9.17, 15) is 9.59 Å². The van der Waals surface area contributed by atoms with E-state index in [1.165, 1.54) is 7.11 Å². The fourth-order valence-electron chi connectivity index (χ4n) is 2.07. The highest BCUT2D eigenvalue weighted by Crippen LogP contribution is 2.22. The van der Waals surface area contributed by atoms with E-state index < -0.39 is 0 Å². The Bertz CT molecular complexity index is 269. The molecule has 0 bridgehead atoms. The molecule has 15 heavy (non-hydrogen) atoms. The van der Waals surface area contributed by atoms with Crippen LogP contribution in [0.3, 0.4) is 0 Å². The van der Waals surface area contributed by atoms with Crippen molar-refractivity contribution >= 4 is 12.0 Å². The largest absolute Gasteiger partial charge is 0.515 e. The average Bonchev–Trinajstić information content (AvgIpc) is 2.26. The van der Waals surface area contributed by atoms with Gasteiger partial charge in [0, 0.05) is 0 Å². The predicted molar refractivity (Wildman–Crippen MR) is 53.4 cm³/mol. The molecule has 0 aliphatic carbocycles. The number of ether oxygens (including phenoxy) is 1. The number of methoxy groups -OCH3 is 1. The molecule has 0 aromatic heterocycles. The highest BCUT2D eigenvalue weighted by atomic mass is 16.5. The molecule has 6 heteroatoms. The van der Waals surface area contributed by atoms with Crippen molar-refractivity contribution in [1.29, 1.82) is 0 Å². The molecule has 1 rings (SSSR count). The van der Waals surface area contributed by atoms with Gasteiger partial charge in [-0.15, -0.1) is 0 Å². The maximum atomic E-state index is 11.5. The summed E-state index contributed by atoms with van der Waals surface area (Å²) in [7, 11) is 3.14. The summed E-state index contributed by atoms with van der Waals surface area (Å²) in [4.78, 5) is 22.9. The number of amides is 2. The Morgan fingerprint density at radius 3 is 2.73 bits per heavy atom. The third-order valence-corrected chi connectivity index (χ3v) is 2.96. The van der Waals surface area contributed by atoms with Crippen LogP contribution in [0.2, 0.25) is 0 Å². The summed E-state index contributed by atoms with van der Waals surface area (Å²) < 4.78 is 4.87. The van der Waals surface area contributed by atoms with Crippen LogP contribution < -0.4 is 11.3 Å². The van der Waals surface area contributed by atoms with Crippen molar-refractivity contribution in [3.63, 3.8) is 0 Å².